The molecule has 2 unspecified atom stereocenters. The molecular weight excluding hydrogens is 327 g/mol. The highest BCUT2D eigenvalue weighted by atomic mass is 35.5. The van der Waals surface area contributed by atoms with Crippen molar-refractivity contribution < 1.29 is 4.79 Å². The third kappa shape index (κ3) is 3.56. The van der Waals surface area contributed by atoms with Crippen molar-refractivity contribution in [2.45, 2.75) is 25.8 Å². The molecule has 2 heterocycles. The van der Waals surface area contributed by atoms with Crippen LogP contribution >= 0.6 is 46.9 Å². The van der Waals surface area contributed by atoms with Gasteiger partial charge < -0.3 is 10.6 Å². The van der Waals surface area contributed by atoms with Gasteiger partial charge in [0.2, 0.25) is 0 Å². The molecule has 1 aliphatic rings. The first-order valence-electron chi connectivity index (χ1n) is 6.00. The molecule has 1 aromatic rings. The fourth-order valence-corrected chi connectivity index (χ4v) is 3.95. The second-order valence-electron chi connectivity index (χ2n) is 4.66. The molecule has 0 radical (unpaired) electrons. The van der Waals surface area contributed by atoms with Crippen molar-refractivity contribution in [2.75, 3.05) is 13.1 Å². The minimum absolute atomic E-state index is 0. The van der Waals surface area contributed by atoms with Crippen LogP contribution in [-0.2, 0) is 0 Å². The molecule has 19 heavy (non-hydrogen) atoms. The Morgan fingerprint density at radius 3 is 2.79 bits per heavy atom. The van der Waals surface area contributed by atoms with Crippen molar-refractivity contribution in [3.8, 4) is 0 Å². The molecule has 7 heteroatoms. The van der Waals surface area contributed by atoms with Crippen LogP contribution in [0, 0.1) is 5.92 Å². The van der Waals surface area contributed by atoms with Gasteiger partial charge in [0.05, 0.1) is 9.90 Å². The summed E-state index contributed by atoms with van der Waals surface area (Å²) in [7, 11) is 0. The van der Waals surface area contributed by atoms with Gasteiger partial charge in [-0.2, -0.15) is 0 Å². The van der Waals surface area contributed by atoms with Crippen LogP contribution in [0.2, 0.25) is 8.67 Å². The number of carbonyl (C=O) groups is 1. The van der Waals surface area contributed by atoms with Gasteiger partial charge in [0.1, 0.15) is 4.34 Å². The van der Waals surface area contributed by atoms with Gasteiger partial charge in [-0.05, 0) is 24.8 Å². The molecule has 108 valence electrons. The summed E-state index contributed by atoms with van der Waals surface area (Å²) < 4.78 is 0.997. The van der Waals surface area contributed by atoms with E-state index in [0.717, 1.165) is 19.4 Å². The van der Waals surface area contributed by atoms with Crippen molar-refractivity contribution in [2.24, 2.45) is 11.7 Å². The van der Waals surface area contributed by atoms with Crippen molar-refractivity contribution in [3.63, 3.8) is 0 Å². The normalized spacial score (nSPS) is 23.1. The van der Waals surface area contributed by atoms with E-state index in [1.165, 1.54) is 11.3 Å². The van der Waals surface area contributed by atoms with Crippen LogP contribution in [-0.4, -0.2) is 29.9 Å². The summed E-state index contributed by atoms with van der Waals surface area (Å²) in [5.74, 6) is 0.380. The van der Waals surface area contributed by atoms with Gasteiger partial charge in [0, 0.05) is 19.1 Å². The molecule has 0 bridgehead atoms. The first-order valence-corrected chi connectivity index (χ1v) is 7.57. The smallest absolute Gasteiger partial charge is 0.256 e. The van der Waals surface area contributed by atoms with E-state index >= 15 is 0 Å². The molecule has 0 aliphatic carbocycles. The van der Waals surface area contributed by atoms with E-state index in [1.54, 1.807) is 6.07 Å². The predicted molar refractivity (Wildman–Crippen MR) is 83.9 cm³/mol. The Balaban J connectivity index is 0.00000180. The van der Waals surface area contributed by atoms with Crippen molar-refractivity contribution in [1.29, 1.82) is 0 Å². The van der Waals surface area contributed by atoms with Crippen LogP contribution in [0.5, 0.6) is 0 Å². The first kappa shape index (κ1) is 17.1. The lowest BCUT2D eigenvalue weighted by molar-refractivity contribution is 0.0533. The Labute approximate surface area is 133 Å². The second kappa shape index (κ2) is 7.14. The van der Waals surface area contributed by atoms with Gasteiger partial charge in [-0.25, -0.2) is 0 Å². The van der Waals surface area contributed by atoms with E-state index in [-0.39, 0.29) is 24.4 Å². The van der Waals surface area contributed by atoms with Crippen LogP contribution in [0.3, 0.4) is 0 Å². The minimum atomic E-state index is -0.0508. The first-order chi connectivity index (χ1) is 8.54. The summed E-state index contributed by atoms with van der Waals surface area (Å²) in [6.07, 6.45) is 2.13. The third-order valence-electron chi connectivity index (χ3n) is 3.51. The number of hydrogen-bond donors (Lipinski definition) is 1. The summed E-state index contributed by atoms with van der Waals surface area (Å²) in [4.78, 5) is 14.3. The van der Waals surface area contributed by atoms with E-state index in [4.69, 9.17) is 28.9 Å². The van der Waals surface area contributed by atoms with Crippen LogP contribution in [0.1, 0.15) is 30.1 Å². The SMILES string of the molecule is CC1CCCN(C(=O)c2cc(Cl)sc2Cl)C1CN.Cl. The lowest BCUT2D eigenvalue weighted by Crippen LogP contribution is -2.51. The highest BCUT2D eigenvalue weighted by molar-refractivity contribution is 7.20. The maximum Gasteiger partial charge on any atom is 0.256 e. The summed E-state index contributed by atoms with van der Waals surface area (Å²) in [6, 6.07) is 1.74. The number of halogens is 3. The maximum atomic E-state index is 12.5. The van der Waals surface area contributed by atoms with Crippen LogP contribution in [0.4, 0.5) is 0 Å². The average molecular weight is 344 g/mol. The van der Waals surface area contributed by atoms with Crippen LogP contribution in [0.15, 0.2) is 6.07 Å². The number of amides is 1. The monoisotopic (exact) mass is 342 g/mol. The molecule has 1 fully saturated rings. The summed E-state index contributed by atoms with van der Waals surface area (Å²) in [6.45, 7) is 3.37. The molecule has 2 N–H and O–H groups in total. The summed E-state index contributed by atoms with van der Waals surface area (Å²) >= 11 is 13.2. The maximum absolute atomic E-state index is 12.5. The lowest BCUT2D eigenvalue weighted by Gasteiger charge is -2.39. The van der Waals surface area contributed by atoms with Gasteiger partial charge in [-0.15, -0.1) is 23.7 Å². The zero-order valence-corrected chi connectivity index (χ0v) is 13.7. The molecule has 2 atom stereocenters. The standard InChI is InChI=1S/C12H16Cl2N2OS.ClH/c1-7-3-2-4-16(9(7)6-15)12(17)8-5-10(13)18-11(8)14;/h5,7,9H,2-4,6,15H2,1H3;1H. The van der Waals surface area contributed by atoms with Gasteiger partial charge in [-0.1, -0.05) is 30.1 Å². The lowest BCUT2D eigenvalue weighted by atomic mass is 9.90. The van der Waals surface area contributed by atoms with Crippen LogP contribution < -0.4 is 5.73 Å². The zero-order chi connectivity index (χ0) is 13.3. The third-order valence-corrected chi connectivity index (χ3v) is 4.99. The molecule has 0 aromatic carbocycles. The molecule has 1 amide bonds. The van der Waals surface area contributed by atoms with E-state index in [1.807, 2.05) is 4.90 Å². The minimum Gasteiger partial charge on any atom is -0.334 e. The Kier molecular flexibility index (Phi) is 6.40. The average Bonchev–Trinajstić information content (AvgIpc) is 2.67. The van der Waals surface area contributed by atoms with Gasteiger partial charge in [0.25, 0.3) is 5.91 Å². The molecule has 1 saturated heterocycles. The quantitative estimate of drug-likeness (QED) is 0.890. The largest absolute Gasteiger partial charge is 0.334 e. The number of thiophene rings is 1. The molecule has 1 aliphatic heterocycles. The number of nitrogens with two attached hydrogens (primary N) is 1. The summed E-state index contributed by atoms with van der Waals surface area (Å²) in [5, 5.41) is 0. The van der Waals surface area contributed by atoms with Gasteiger partial charge in [-0.3, -0.25) is 4.79 Å². The summed E-state index contributed by atoms with van der Waals surface area (Å²) in [5.41, 5.74) is 6.29. The van der Waals surface area contributed by atoms with Crippen molar-refractivity contribution in [1.82, 2.24) is 4.90 Å². The Hall–Kier alpha value is -0.000000000000000167. The number of nitrogens with zero attached hydrogens (tertiary/aromatic N) is 1. The molecule has 3 nitrogen and oxygen atoms in total. The fraction of sp³-hybridized carbons (Fsp3) is 0.583. The number of hydrogen-bond acceptors (Lipinski definition) is 3. The molecule has 0 saturated carbocycles. The van der Waals surface area contributed by atoms with Crippen LogP contribution in [0.25, 0.3) is 0 Å². The Bertz CT molecular complexity index is 452. The number of piperidine rings is 1. The number of rotatable bonds is 2. The predicted octanol–water partition coefficient (Wildman–Crippen LogP) is 3.68. The molecular formula is C12H17Cl3N2OS. The molecule has 0 spiro atoms. The van der Waals surface area contributed by atoms with Crippen molar-refractivity contribution in [3.05, 3.63) is 20.3 Å². The second-order valence-corrected chi connectivity index (χ2v) is 6.94. The number of likely N-dealkylation sites (tertiary alicyclic amines) is 1. The zero-order valence-electron chi connectivity index (χ0n) is 10.6. The highest BCUT2D eigenvalue weighted by Crippen LogP contribution is 2.33. The Morgan fingerprint density at radius 2 is 2.26 bits per heavy atom. The topological polar surface area (TPSA) is 46.3 Å². The van der Waals surface area contributed by atoms with Gasteiger partial charge >= 0.3 is 0 Å². The van der Waals surface area contributed by atoms with E-state index < -0.39 is 0 Å². The van der Waals surface area contributed by atoms with E-state index in [2.05, 4.69) is 6.92 Å². The van der Waals surface area contributed by atoms with E-state index in [9.17, 15) is 4.79 Å². The van der Waals surface area contributed by atoms with Crippen molar-refractivity contribution >= 4 is 52.9 Å². The highest BCUT2D eigenvalue weighted by Gasteiger charge is 2.32. The van der Waals surface area contributed by atoms with E-state index in [0.29, 0.717) is 26.7 Å². The molecule has 2 rings (SSSR count). The Morgan fingerprint density at radius 1 is 1.58 bits per heavy atom. The van der Waals surface area contributed by atoms with Gasteiger partial charge in [0.15, 0.2) is 0 Å². The number of carbonyl (C=O) groups excluding carboxylic acids is 1. The fourth-order valence-electron chi connectivity index (χ4n) is 2.50. The molecule has 1 aromatic heterocycles.